The van der Waals surface area contributed by atoms with E-state index in [1.807, 2.05) is 32.9 Å². The minimum atomic E-state index is -0.530. The summed E-state index contributed by atoms with van der Waals surface area (Å²) >= 11 is 3.36. The number of carbonyl (C=O) groups excluding carboxylic acids is 1. The highest BCUT2D eigenvalue weighted by molar-refractivity contribution is 9.10. The van der Waals surface area contributed by atoms with E-state index >= 15 is 0 Å². The Morgan fingerprint density at radius 2 is 2.30 bits per heavy atom. The van der Waals surface area contributed by atoms with Gasteiger partial charge in [0, 0.05) is 35.4 Å². The Morgan fingerprint density at radius 3 is 2.91 bits per heavy atom. The van der Waals surface area contributed by atoms with Crippen LogP contribution in [0.5, 0.6) is 0 Å². The van der Waals surface area contributed by atoms with Crippen LogP contribution in [0.2, 0.25) is 0 Å². The lowest BCUT2D eigenvalue weighted by Crippen LogP contribution is -2.58. The lowest BCUT2D eigenvalue weighted by atomic mass is 10.0. The standard InChI is InChI=1S/C16H24BrN3O3/c1-16(2,3)23-15(21)20-6-7-22-10-14(20)13(18)8-12-5-4-11(17)9-19-12/h4-5,9,13-14H,6-8,10,18H2,1-3H3. The first-order chi connectivity index (χ1) is 10.8. The molecule has 1 fully saturated rings. The fourth-order valence-electron chi connectivity index (χ4n) is 2.43. The van der Waals surface area contributed by atoms with Gasteiger partial charge in [-0.2, -0.15) is 0 Å². The minimum absolute atomic E-state index is 0.218. The first-order valence-electron chi connectivity index (χ1n) is 7.69. The number of pyridine rings is 1. The normalized spacial score (nSPS) is 20.2. The number of carbonyl (C=O) groups is 1. The Hall–Kier alpha value is -1.18. The Kier molecular flexibility index (Phi) is 6.00. The Balaban J connectivity index is 2.04. The number of nitrogens with zero attached hydrogens (tertiary/aromatic N) is 2. The van der Waals surface area contributed by atoms with Crippen LogP contribution >= 0.6 is 15.9 Å². The number of amides is 1. The molecule has 1 aromatic rings. The van der Waals surface area contributed by atoms with E-state index in [0.29, 0.717) is 26.2 Å². The fourth-order valence-corrected chi connectivity index (χ4v) is 2.66. The molecule has 0 radical (unpaired) electrons. The molecule has 1 saturated heterocycles. The van der Waals surface area contributed by atoms with Crippen LogP contribution in [0.4, 0.5) is 4.79 Å². The van der Waals surface area contributed by atoms with Crippen LogP contribution in [0, 0.1) is 0 Å². The molecule has 2 N–H and O–H groups in total. The molecule has 2 atom stereocenters. The maximum atomic E-state index is 12.4. The number of hydrogen-bond donors (Lipinski definition) is 1. The lowest BCUT2D eigenvalue weighted by Gasteiger charge is -2.39. The number of hydrogen-bond acceptors (Lipinski definition) is 5. The van der Waals surface area contributed by atoms with Gasteiger partial charge in [-0.15, -0.1) is 0 Å². The van der Waals surface area contributed by atoms with E-state index < -0.39 is 5.60 Å². The summed E-state index contributed by atoms with van der Waals surface area (Å²) in [5.74, 6) is 0. The van der Waals surface area contributed by atoms with Crippen molar-refractivity contribution in [1.29, 1.82) is 0 Å². The third-order valence-corrected chi connectivity index (χ3v) is 3.99. The molecule has 2 rings (SSSR count). The van der Waals surface area contributed by atoms with Crippen LogP contribution in [0.25, 0.3) is 0 Å². The Morgan fingerprint density at radius 1 is 1.57 bits per heavy atom. The molecule has 2 heterocycles. The predicted molar refractivity (Wildman–Crippen MR) is 91.2 cm³/mol. The second kappa shape index (κ2) is 7.59. The molecule has 2 unspecified atom stereocenters. The average Bonchev–Trinajstić information content (AvgIpc) is 2.48. The van der Waals surface area contributed by atoms with Crippen LogP contribution in [0.1, 0.15) is 26.5 Å². The van der Waals surface area contributed by atoms with Crippen molar-refractivity contribution in [2.45, 2.75) is 44.9 Å². The molecule has 0 bridgehead atoms. The third kappa shape index (κ3) is 5.44. The van der Waals surface area contributed by atoms with Gasteiger partial charge in [0.15, 0.2) is 0 Å². The van der Waals surface area contributed by atoms with E-state index in [1.165, 1.54) is 0 Å². The van der Waals surface area contributed by atoms with Gasteiger partial charge in [-0.05, 0) is 48.8 Å². The molecule has 7 heteroatoms. The molecular weight excluding hydrogens is 362 g/mol. The third-order valence-electron chi connectivity index (χ3n) is 3.52. The number of ether oxygens (including phenoxy) is 2. The van der Waals surface area contributed by atoms with Crippen LogP contribution in [-0.2, 0) is 15.9 Å². The second-order valence-electron chi connectivity index (χ2n) is 6.65. The average molecular weight is 386 g/mol. The monoisotopic (exact) mass is 385 g/mol. The zero-order valence-corrected chi connectivity index (χ0v) is 15.4. The highest BCUT2D eigenvalue weighted by Crippen LogP contribution is 2.18. The molecule has 128 valence electrons. The molecular formula is C16H24BrN3O3. The molecule has 0 aromatic carbocycles. The zero-order valence-electron chi connectivity index (χ0n) is 13.8. The van der Waals surface area contributed by atoms with Gasteiger partial charge < -0.3 is 15.2 Å². The zero-order chi connectivity index (χ0) is 17.0. The van der Waals surface area contributed by atoms with Crippen LogP contribution in [0.15, 0.2) is 22.8 Å². The first-order valence-corrected chi connectivity index (χ1v) is 8.49. The molecule has 0 spiro atoms. The molecule has 0 saturated carbocycles. The summed E-state index contributed by atoms with van der Waals surface area (Å²) in [6.07, 6.45) is 1.97. The van der Waals surface area contributed by atoms with Crippen LogP contribution in [-0.4, -0.2) is 53.4 Å². The topological polar surface area (TPSA) is 77.7 Å². The van der Waals surface area contributed by atoms with Gasteiger partial charge >= 0.3 is 6.09 Å². The van der Waals surface area contributed by atoms with Gasteiger partial charge in [-0.1, -0.05) is 0 Å². The van der Waals surface area contributed by atoms with E-state index in [9.17, 15) is 4.79 Å². The molecule has 23 heavy (non-hydrogen) atoms. The maximum absolute atomic E-state index is 12.4. The summed E-state index contributed by atoms with van der Waals surface area (Å²) in [4.78, 5) is 18.4. The SMILES string of the molecule is CC(C)(C)OC(=O)N1CCOCC1C(N)Cc1ccc(Br)cn1. The van der Waals surface area contributed by atoms with Crippen molar-refractivity contribution in [2.24, 2.45) is 5.73 Å². The molecule has 1 aromatic heterocycles. The molecule has 1 amide bonds. The van der Waals surface area contributed by atoms with E-state index in [2.05, 4.69) is 20.9 Å². The highest BCUT2D eigenvalue weighted by atomic mass is 79.9. The summed E-state index contributed by atoms with van der Waals surface area (Å²) in [6, 6.07) is 3.37. The molecule has 1 aliphatic rings. The first kappa shape index (κ1) is 18.2. The van der Waals surface area contributed by atoms with E-state index in [0.717, 1.165) is 10.2 Å². The number of aromatic nitrogens is 1. The predicted octanol–water partition coefficient (Wildman–Crippen LogP) is 2.35. The largest absolute Gasteiger partial charge is 0.444 e. The van der Waals surface area contributed by atoms with Crippen LogP contribution in [0.3, 0.4) is 0 Å². The number of nitrogens with two attached hydrogens (primary N) is 1. The van der Waals surface area contributed by atoms with Crippen molar-refractivity contribution in [3.05, 3.63) is 28.5 Å². The summed E-state index contributed by atoms with van der Waals surface area (Å²) in [5, 5.41) is 0. The maximum Gasteiger partial charge on any atom is 0.410 e. The quantitative estimate of drug-likeness (QED) is 0.863. The smallest absolute Gasteiger partial charge is 0.410 e. The number of rotatable bonds is 3. The van der Waals surface area contributed by atoms with E-state index in [-0.39, 0.29) is 18.2 Å². The van der Waals surface area contributed by atoms with Crippen molar-refractivity contribution in [3.63, 3.8) is 0 Å². The van der Waals surface area contributed by atoms with Crippen molar-refractivity contribution in [1.82, 2.24) is 9.88 Å². The van der Waals surface area contributed by atoms with Crippen molar-refractivity contribution in [2.75, 3.05) is 19.8 Å². The van der Waals surface area contributed by atoms with Gasteiger partial charge in [0.05, 0.1) is 19.3 Å². The number of morpholine rings is 1. The van der Waals surface area contributed by atoms with Gasteiger partial charge in [0.25, 0.3) is 0 Å². The van der Waals surface area contributed by atoms with Gasteiger partial charge in [-0.3, -0.25) is 9.88 Å². The lowest BCUT2D eigenvalue weighted by molar-refractivity contribution is -0.0379. The van der Waals surface area contributed by atoms with E-state index in [4.69, 9.17) is 15.2 Å². The van der Waals surface area contributed by atoms with Crippen molar-refractivity contribution in [3.8, 4) is 0 Å². The van der Waals surface area contributed by atoms with Crippen LogP contribution < -0.4 is 5.73 Å². The molecule has 6 nitrogen and oxygen atoms in total. The number of halogens is 1. The minimum Gasteiger partial charge on any atom is -0.444 e. The van der Waals surface area contributed by atoms with E-state index in [1.54, 1.807) is 11.1 Å². The summed E-state index contributed by atoms with van der Waals surface area (Å²) in [7, 11) is 0. The summed E-state index contributed by atoms with van der Waals surface area (Å²) in [5.41, 5.74) is 6.68. The molecule has 0 aliphatic carbocycles. The van der Waals surface area contributed by atoms with Gasteiger partial charge in [0.1, 0.15) is 5.60 Å². The van der Waals surface area contributed by atoms with Crippen molar-refractivity contribution < 1.29 is 14.3 Å². The van der Waals surface area contributed by atoms with Gasteiger partial charge in [-0.25, -0.2) is 4.79 Å². The fraction of sp³-hybridized carbons (Fsp3) is 0.625. The van der Waals surface area contributed by atoms with Crippen molar-refractivity contribution >= 4 is 22.0 Å². The van der Waals surface area contributed by atoms with Gasteiger partial charge in [0.2, 0.25) is 0 Å². The molecule has 1 aliphatic heterocycles. The highest BCUT2D eigenvalue weighted by Gasteiger charge is 2.34. The Labute approximate surface area is 145 Å². The summed E-state index contributed by atoms with van der Waals surface area (Å²) in [6.45, 7) is 6.96. The second-order valence-corrected chi connectivity index (χ2v) is 7.57. The Bertz CT molecular complexity index is 530. The summed E-state index contributed by atoms with van der Waals surface area (Å²) < 4.78 is 11.9.